The Bertz CT molecular complexity index is 511. The fourth-order valence-corrected chi connectivity index (χ4v) is 1.62. The number of rotatable bonds is 2. The van der Waals surface area contributed by atoms with Gasteiger partial charge in [0.1, 0.15) is 5.82 Å². The molecule has 2 heterocycles. The minimum atomic E-state index is 0.518. The van der Waals surface area contributed by atoms with Crippen LogP contribution in [0.2, 0.25) is 0 Å². The molecule has 4 nitrogen and oxygen atoms in total. The number of aromatic nitrogens is 2. The lowest BCUT2D eigenvalue weighted by molar-refractivity contribution is 0.399. The summed E-state index contributed by atoms with van der Waals surface area (Å²) < 4.78 is 5.21. The van der Waals surface area contributed by atoms with E-state index in [4.69, 9.17) is 10.5 Å². The van der Waals surface area contributed by atoms with Crippen molar-refractivity contribution >= 4 is 5.82 Å². The fourth-order valence-electron chi connectivity index (χ4n) is 1.62. The zero-order valence-corrected chi connectivity index (χ0v) is 9.27. The van der Waals surface area contributed by atoms with E-state index in [2.05, 4.69) is 9.97 Å². The first kappa shape index (κ1) is 10.4. The van der Waals surface area contributed by atoms with Crippen LogP contribution >= 0.6 is 0 Å². The standard InChI is InChI=1S/C12H13N3O/c1-8-9(5-6-11(13)15-8)10-4-3-7-14-12(10)16-2/h3-7H,1-2H3,(H2,13,15). The Balaban J connectivity index is 2.58. The number of hydrogen-bond acceptors (Lipinski definition) is 4. The summed E-state index contributed by atoms with van der Waals surface area (Å²) in [6.07, 6.45) is 1.70. The van der Waals surface area contributed by atoms with Gasteiger partial charge in [0, 0.05) is 23.0 Å². The average molecular weight is 215 g/mol. The van der Waals surface area contributed by atoms with E-state index >= 15 is 0 Å². The summed E-state index contributed by atoms with van der Waals surface area (Å²) in [5, 5.41) is 0. The van der Waals surface area contributed by atoms with Crippen LogP contribution in [-0.4, -0.2) is 17.1 Å². The predicted molar refractivity (Wildman–Crippen MR) is 63.2 cm³/mol. The number of pyridine rings is 2. The third kappa shape index (κ3) is 1.82. The normalized spacial score (nSPS) is 10.1. The van der Waals surface area contributed by atoms with Gasteiger partial charge in [-0.25, -0.2) is 9.97 Å². The predicted octanol–water partition coefficient (Wildman–Crippen LogP) is 2.04. The van der Waals surface area contributed by atoms with Crippen molar-refractivity contribution in [1.82, 2.24) is 9.97 Å². The monoisotopic (exact) mass is 215 g/mol. The second kappa shape index (κ2) is 4.18. The van der Waals surface area contributed by atoms with E-state index < -0.39 is 0 Å². The summed E-state index contributed by atoms with van der Waals surface area (Å²) in [4.78, 5) is 8.38. The lowest BCUT2D eigenvalue weighted by Crippen LogP contribution is -1.96. The lowest BCUT2D eigenvalue weighted by Gasteiger charge is -2.09. The van der Waals surface area contributed by atoms with Gasteiger partial charge in [-0.05, 0) is 31.2 Å². The van der Waals surface area contributed by atoms with Crippen molar-refractivity contribution < 1.29 is 4.74 Å². The zero-order chi connectivity index (χ0) is 11.5. The summed E-state index contributed by atoms with van der Waals surface area (Å²) in [7, 11) is 1.60. The smallest absolute Gasteiger partial charge is 0.221 e. The summed E-state index contributed by atoms with van der Waals surface area (Å²) >= 11 is 0. The van der Waals surface area contributed by atoms with E-state index in [1.165, 1.54) is 0 Å². The number of aryl methyl sites for hydroxylation is 1. The first-order valence-corrected chi connectivity index (χ1v) is 4.95. The third-order valence-corrected chi connectivity index (χ3v) is 2.36. The SMILES string of the molecule is COc1ncccc1-c1ccc(N)nc1C. The van der Waals surface area contributed by atoms with Crippen LogP contribution in [0.4, 0.5) is 5.82 Å². The van der Waals surface area contributed by atoms with Crippen LogP contribution in [0.15, 0.2) is 30.5 Å². The van der Waals surface area contributed by atoms with Gasteiger partial charge < -0.3 is 10.5 Å². The Hall–Kier alpha value is -2.10. The number of anilines is 1. The van der Waals surface area contributed by atoms with Crippen LogP contribution in [0.5, 0.6) is 5.88 Å². The van der Waals surface area contributed by atoms with Crippen molar-refractivity contribution in [2.75, 3.05) is 12.8 Å². The van der Waals surface area contributed by atoms with Crippen LogP contribution in [0.1, 0.15) is 5.69 Å². The van der Waals surface area contributed by atoms with Crippen molar-refractivity contribution in [3.8, 4) is 17.0 Å². The Kier molecular flexibility index (Phi) is 2.72. The lowest BCUT2D eigenvalue weighted by atomic mass is 10.1. The highest BCUT2D eigenvalue weighted by Crippen LogP contribution is 2.29. The van der Waals surface area contributed by atoms with Gasteiger partial charge in [-0.15, -0.1) is 0 Å². The topological polar surface area (TPSA) is 61.0 Å². The van der Waals surface area contributed by atoms with E-state index in [0.717, 1.165) is 16.8 Å². The fraction of sp³-hybridized carbons (Fsp3) is 0.167. The molecule has 0 amide bonds. The zero-order valence-electron chi connectivity index (χ0n) is 9.27. The van der Waals surface area contributed by atoms with Crippen LogP contribution in [0, 0.1) is 6.92 Å². The van der Waals surface area contributed by atoms with Crippen molar-refractivity contribution in [3.05, 3.63) is 36.2 Å². The van der Waals surface area contributed by atoms with Crippen molar-refractivity contribution in [1.29, 1.82) is 0 Å². The average Bonchev–Trinajstić information content (AvgIpc) is 2.29. The number of nitrogens with zero attached hydrogens (tertiary/aromatic N) is 2. The summed E-state index contributed by atoms with van der Waals surface area (Å²) in [6, 6.07) is 7.52. The van der Waals surface area contributed by atoms with E-state index in [0.29, 0.717) is 11.7 Å². The minimum Gasteiger partial charge on any atom is -0.481 e. The molecule has 0 radical (unpaired) electrons. The molecule has 0 saturated carbocycles. The summed E-state index contributed by atoms with van der Waals surface area (Å²) in [6.45, 7) is 1.91. The van der Waals surface area contributed by atoms with Crippen LogP contribution in [0.25, 0.3) is 11.1 Å². The number of hydrogen-bond donors (Lipinski definition) is 1. The highest BCUT2D eigenvalue weighted by molar-refractivity contribution is 5.71. The number of nitrogens with two attached hydrogens (primary N) is 1. The van der Waals surface area contributed by atoms with Crippen molar-refractivity contribution in [2.24, 2.45) is 0 Å². The minimum absolute atomic E-state index is 0.518. The molecular formula is C12H13N3O. The van der Waals surface area contributed by atoms with Gasteiger partial charge in [0.2, 0.25) is 5.88 Å². The number of methoxy groups -OCH3 is 1. The Morgan fingerprint density at radius 1 is 1.19 bits per heavy atom. The molecule has 0 aromatic carbocycles. The largest absolute Gasteiger partial charge is 0.481 e. The van der Waals surface area contributed by atoms with Crippen LogP contribution in [0.3, 0.4) is 0 Å². The van der Waals surface area contributed by atoms with Crippen LogP contribution in [-0.2, 0) is 0 Å². The maximum atomic E-state index is 5.62. The molecule has 0 aliphatic heterocycles. The Morgan fingerprint density at radius 2 is 2.00 bits per heavy atom. The molecule has 0 aliphatic carbocycles. The van der Waals surface area contributed by atoms with Gasteiger partial charge in [0.15, 0.2) is 0 Å². The van der Waals surface area contributed by atoms with Gasteiger partial charge >= 0.3 is 0 Å². The molecule has 2 N–H and O–H groups in total. The van der Waals surface area contributed by atoms with Crippen molar-refractivity contribution in [2.45, 2.75) is 6.92 Å². The summed E-state index contributed by atoms with van der Waals surface area (Å²) in [5.41, 5.74) is 8.40. The first-order valence-electron chi connectivity index (χ1n) is 4.95. The molecule has 82 valence electrons. The highest BCUT2D eigenvalue weighted by atomic mass is 16.5. The van der Waals surface area contributed by atoms with Gasteiger partial charge in [-0.1, -0.05) is 0 Å². The van der Waals surface area contributed by atoms with E-state index in [1.807, 2.05) is 25.1 Å². The molecule has 0 saturated heterocycles. The van der Waals surface area contributed by atoms with Gasteiger partial charge in [0.05, 0.1) is 7.11 Å². The van der Waals surface area contributed by atoms with Crippen molar-refractivity contribution in [3.63, 3.8) is 0 Å². The second-order valence-electron chi connectivity index (χ2n) is 3.43. The molecule has 2 aromatic rings. The maximum Gasteiger partial charge on any atom is 0.221 e. The van der Waals surface area contributed by atoms with E-state index in [1.54, 1.807) is 19.4 Å². The first-order chi connectivity index (χ1) is 7.72. The molecule has 0 aliphatic rings. The molecule has 0 fully saturated rings. The van der Waals surface area contributed by atoms with Gasteiger partial charge in [0.25, 0.3) is 0 Å². The molecule has 2 rings (SSSR count). The molecule has 2 aromatic heterocycles. The van der Waals surface area contributed by atoms with E-state index in [9.17, 15) is 0 Å². The Labute approximate surface area is 94.1 Å². The molecular weight excluding hydrogens is 202 g/mol. The molecule has 0 unspecified atom stereocenters. The number of nitrogen functional groups attached to an aromatic ring is 1. The summed E-state index contributed by atoms with van der Waals surface area (Å²) in [5.74, 6) is 1.11. The van der Waals surface area contributed by atoms with E-state index in [-0.39, 0.29) is 0 Å². The maximum absolute atomic E-state index is 5.62. The second-order valence-corrected chi connectivity index (χ2v) is 3.43. The van der Waals surface area contributed by atoms with Crippen LogP contribution < -0.4 is 10.5 Å². The number of ether oxygens (including phenoxy) is 1. The third-order valence-electron chi connectivity index (χ3n) is 2.36. The quantitative estimate of drug-likeness (QED) is 0.832. The molecule has 0 bridgehead atoms. The van der Waals surface area contributed by atoms with Gasteiger partial charge in [-0.3, -0.25) is 0 Å². The van der Waals surface area contributed by atoms with Gasteiger partial charge in [-0.2, -0.15) is 0 Å². The molecule has 0 atom stereocenters. The molecule has 16 heavy (non-hydrogen) atoms. The molecule has 0 spiro atoms. The Morgan fingerprint density at radius 3 is 2.69 bits per heavy atom. The highest BCUT2D eigenvalue weighted by Gasteiger charge is 2.09. The molecule has 4 heteroatoms.